The zero-order chi connectivity index (χ0) is 23.8. The number of benzene rings is 1. The van der Waals surface area contributed by atoms with Crippen molar-refractivity contribution in [3.8, 4) is 17.1 Å². The van der Waals surface area contributed by atoms with Gasteiger partial charge < -0.3 is 5.32 Å². The molecule has 2 heterocycles. The van der Waals surface area contributed by atoms with E-state index in [1.165, 1.54) is 18.5 Å². The van der Waals surface area contributed by atoms with Crippen molar-refractivity contribution in [3.63, 3.8) is 0 Å². The largest absolute Gasteiger partial charge is 0.435 e. The van der Waals surface area contributed by atoms with Crippen molar-refractivity contribution >= 4 is 17.5 Å². The van der Waals surface area contributed by atoms with E-state index in [9.17, 15) is 31.1 Å². The number of amides is 1. The van der Waals surface area contributed by atoms with Crippen LogP contribution in [0.3, 0.4) is 0 Å². The third kappa shape index (κ3) is 4.85. The van der Waals surface area contributed by atoms with Gasteiger partial charge in [-0.3, -0.25) is 4.79 Å². The molecule has 0 aliphatic carbocycles. The number of halogens is 7. The normalized spacial score (nSPS) is 12.3. The minimum Gasteiger partial charge on any atom is -0.349 e. The molecule has 0 radical (unpaired) electrons. The van der Waals surface area contributed by atoms with Gasteiger partial charge in [0.05, 0.1) is 5.56 Å². The van der Waals surface area contributed by atoms with Gasteiger partial charge in [-0.25, -0.2) is 9.97 Å². The van der Waals surface area contributed by atoms with E-state index in [1.807, 2.05) is 0 Å². The predicted molar refractivity (Wildman–Crippen MR) is 102 cm³/mol. The summed E-state index contributed by atoms with van der Waals surface area (Å²) in [6.45, 7) is 3.12. The monoisotopic (exact) mass is 477 g/mol. The molecule has 0 atom stereocenters. The third-order valence-corrected chi connectivity index (χ3v) is 4.26. The SMILES string of the molecule is CC(C)NC(=O)c1c(-c2cc(Cl)cc(C(F)(F)F)c2)c(C(F)(F)F)nn1-c1ncccn1. The van der Waals surface area contributed by atoms with Crippen molar-refractivity contribution < 1.29 is 31.1 Å². The number of nitrogens with one attached hydrogen (secondary N) is 1. The highest BCUT2D eigenvalue weighted by Crippen LogP contribution is 2.42. The second-order valence-electron chi connectivity index (χ2n) is 6.89. The first-order valence-corrected chi connectivity index (χ1v) is 9.33. The molecule has 0 bridgehead atoms. The lowest BCUT2D eigenvalue weighted by Crippen LogP contribution is -2.32. The Bertz CT molecular complexity index is 1140. The van der Waals surface area contributed by atoms with Gasteiger partial charge in [0.25, 0.3) is 11.9 Å². The Morgan fingerprint density at radius 3 is 2.19 bits per heavy atom. The van der Waals surface area contributed by atoms with E-state index >= 15 is 0 Å². The van der Waals surface area contributed by atoms with Crippen LogP contribution in [0.1, 0.15) is 35.6 Å². The summed E-state index contributed by atoms with van der Waals surface area (Å²) >= 11 is 5.78. The van der Waals surface area contributed by atoms with E-state index < -0.39 is 57.4 Å². The molecule has 13 heteroatoms. The molecule has 170 valence electrons. The van der Waals surface area contributed by atoms with Crippen LogP contribution >= 0.6 is 11.6 Å². The van der Waals surface area contributed by atoms with Crippen molar-refractivity contribution in [3.05, 3.63) is 58.6 Å². The van der Waals surface area contributed by atoms with Gasteiger partial charge in [-0.2, -0.15) is 36.1 Å². The molecule has 0 aliphatic heterocycles. The Labute approximate surface area is 182 Å². The van der Waals surface area contributed by atoms with Crippen molar-refractivity contribution in [2.75, 3.05) is 0 Å². The molecule has 0 fully saturated rings. The van der Waals surface area contributed by atoms with E-state index in [0.717, 1.165) is 6.07 Å². The number of hydrogen-bond acceptors (Lipinski definition) is 4. The summed E-state index contributed by atoms with van der Waals surface area (Å²) in [6.07, 6.45) is -7.59. The Kier molecular flexibility index (Phi) is 6.18. The van der Waals surface area contributed by atoms with Crippen LogP contribution in [-0.2, 0) is 12.4 Å². The maximum atomic E-state index is 13.9. The van der Waals surface area contributed by atoms with Crippen LogP contribution in [0, 0.1) is 0 Å². The summed E-state index contributed by atoms with van der Waals surface area (Å²) in [5.41, 5.74) is -5.03. The van der Waals surface area contributed by atoms with Gasteiger partial charge in [-0.05, 0) is 43.7 Å². The lowest BCUT2D eigenvalue weighted by atomic mass is 9.99. The Morgan fingerprint density at radius 2 is 1.66 bits per heavy atom. The van der Waals surface area contributed by atoms with Crippen LogP contribution in [-0.4, -0.2) is 31.7 Å². The molecule has 6 nitrogen and oxygen atoms in total. The maximum Gasteiger partial charge on any atom is 0.435 e. The van der Waals surface area contributed by atoms with Gasteiger partial charge in [-0.1, -0.05) is 11.6 Å². The molecule has 3 rings (SSSR count). The second kappa shape index (κ2) is 8.41. The van der Waals surface area contributed by atoms with E-state index in [4.69, 9.17) is 11.6 Å². The van der Waals surface area contributed by atoms with Crippen molar-refractivity contribution in [1.82, 2.24) is 25.1 Å². The molecule has 1 amide bonds. The number of alkyl halides is 6. The van der Waals surface area contributed by atoms with Crippen LogP contribution in [0.15, 0.2) is 36.7 Å². The van der Waals surface area contributed by atoms with Crippen molar-refractivity contribution in [2.45, 2.75) is 32.2 Å². The summed E-state index contributed by atoms with van der Waals surface area (Å²) in [4.78, 5) is 20.5. The first-order chi connectivity index (χ1) is 14.8. The molecule has 1 N–H and O–H groups in total. The summed E-state index contributed by atoms with van der Waals surface area (Å²) < 4.78 is 82.1. The Balaban J connectivity index is 2.42. The number of carbonyl (C=O) groups is 1. The molecule has 0 saturated heterocycles. The van der Waals surface area contributed by atoms with E-state index in [0.29, 0.717) is 16.8 Å². The minimum absolute atomic E-state index is 0.378. The van der Waals surface area contributed by atoms with Crippen LogP contribution < -0.4 is 5.32 Å². The standard InChI is InChI=1S/C19H14ClF6N5O/c1-9(2)29-16(32)14-13(10-6-11(18(21,22)23)8-12(20)7-10)15(19(24,25)26)30-31(14)17-27-4-3-5-28-17/h3-9H,1-2H3,(H,29,32). The van der Waals surface area contributed by atoms with Gasteiger partial charge in [0.1, 0.15) is 5.69 Å². The van der Waals surface area contributed by atoms with Gasteiger partial charge in [0, 0.05) is 29.0 Å². The summed E-state index contributed by atoms with van der Waals surface area (Å²) in [6, 6.07) is 2.82. The first kappa shape index (κ1) is 23.5. The third-order valence-electron chi connectivity index (χ3n) is 4.04. The van der Waals surface area contributed by atoms with Crippen LogP contribution in [0.2, 0.25) is 5.02 Å². The molecular formula is C19H14ClF6N5O. The average molecular weight is 478 g/mol. The highest BCUT2D eigenvalue weighted by atomic mass is 35.5. The highest BCUT2D eigenvalue weighted by Gasteiger charge is 2.42. The summed E-state index contributed by atoms with van der Waals surface area (Å²) in [5, 5.41) is 5.41. The minimum atomic E-state index is -5.12. The lowest BCUT2D eigenvalue weighted by molar-refractivity contribution is -0.140. The molecule has 32 heavy (non-hydrogen) atoms. The van der Waals surface area contributed by atoms with Gasteiger partial charge in [-0.15, -0.1) is 0 Å². The zero-order valence-electron chi connectivity index (χ0n) is 16.4. The van der Waals surface area contributed by atoms with Crippen LogP contribution in [0.4, 0.5) is 26.3 Å². The van der Waals surface area contributed by atoms with Crippen LogP contribution in [0.25, 0.3) is 17.1 Å². The average Bonchev–Trinajstić information content (AvgIpc) is 3.08. The smallest absolute Gasteiger partial charge is 0.349 e. The molecule has 0 saturated carbocycles. The Hall–Kier alpha value is -3.15. The molecule has 0 unspecified atom stereocenters. The topological polar surface area (TPSA) is 72.7 Å². The van der Waals surface area contributed by atoms with Gasteiger partial charge in [0.15, 0.2) is 5.69 Å². The Morgan fingerprint density at radius 1 is 1.03 bits per heavy atom. The maximum absolute atomic E-state index is 13.9. The van der Waals surface area contributed by atoms with Gasteiger partial charge in [0.2, 0.25) is 0 Å². The molecule has 3 aromatic rings. The number of carbonyl (C=O) groups excluding carboxylic acids is 1. The van der Waals surface area contributed by atoms with E-state index in [2.05, 4.69) is 20.4 Å². The number of nitrogens with zero attached hydrogens (tertiary/aromatic N) is 4. The van der Waals surface area contributed by atoms with Crippen molar-refractivity contribution in [2.24, 2.45) is 0 Å². The highest BCUT2D eigenvalue weighted by molar-refractivity contribution is 6.31. The quantitative estimate of drug-likeness (QED) is 0.527. The number of aromatic nitrogens is 4. The van der Waals surface area contributed by atoms with E-state index in [1.54, 1.807) is 13.8 Å². The fraction of sp³-hybridized carbons (Fsp3) is 0.263. The molecule has 2 aromatic heterocycles. The molecule has 1 aromatic carbocycles. The molecule has 0 spiro atoms. The van der Waals surface area contributed by atoms with Crippen LogP contribution in [0.5, 0.6) is 0 Å². The number of hydrogen-bond donors (Lipinski definition) is 1. The summed E-state index contributed by atoms with van der Waals surface area (Å²) in [7, 11) is 0. The summed E-state index contributed by atoms with van der Waals surface area (Å²) in [5.74, 6) is -1.39. The fourth-order valence-corrected chi connectivity index (χ4v) is 3.11. The molecule has 0 aliphatic rings. The lowest BCUT2D eigenvalue weighted by Gasteiger charge is -2.14. The molecular weight excluding hydrogens is 464 g/mol. The van der Waals surface area contributed by atoms with Crippen molar-refractivity contribution in [1.29, 1.82) is 0 Å². The number of rotatable bonds is 4. The first-order valence-electron chi connectivity index (χ1n) is 8.95. The van der Waals surface area contributed by atoms with E-state index in [-0.39, 0.29) is 5.95 Å². The fourth-order valence-electron chi connectivity index (χ4n) is 2.87. The second-order valence-corrected chi connectivity index (χ2v) is 7.32. The van der Waals surface area contributed by atoms with Gasteiger partial charge >= 0.3 is 12.4 Å². The predicted octanol–water partition coefficient (Wildman–Crippen LogP) is 5.16. The zero-order valence-corrected chi connectivity index (χ0v) is 17.1.